The highest BCUT2D eigenvalue weighted by Gasteiger charge is 2.18. The summed E-state index contributed by atoms with van der Waals surface area (Å²) >= 11 is 0. The highest BCUT2D eigenvalue weighted by atomic mass is 16.5. The number of anilines is 2. The highest BCUT2D eigenvalue weighted by molar-refractivity contribution is 5.73. The molecule has 7 heteroatoms. The molecule has 96 valence electrons. The molecule has 0 saturated heterocycles. The molecule has 1 aromatic heterocycles. The summed E-state index contributed by atoms with van der Waals surface area (Å²) in [5.74, 6) is -0.353. The minimum Gasteiger partial charge on any atom is -0.739 e. The van der Waals surface area contributed by atoms with E-state index in [1.54, 1.807) is 18.2 Å². The van der Waals surface area contributed by atoms with Crippen LogP contribution >= 0.6 is 0 Å². The van der Waals surface area contributed by atoms with Crippen LogP contribution < -0.4 is 20.2 Å². The van der Waals surface area contributed by atoms with Gasteiger partial charge in [-0.3, -0.25) is 5.73 Å². The fourth-order valence-corrected chi connectivity index (χ4v) is 1.93. The minimum absolute atomic E-state index is 0.204. The lowest BCUT2D eigenvalue weighted by Gasteiger charge is -2.21. The molecule has 1 heterocycles. The molecule has 0 aliphatic carbocycles. The van der Waals surface area contributed by atoms with E-state index in [9.17, 15) is 10.4 Å². The molecule has 0 spiro atoms. The molecule has 0 amide bonds. The normalized spacial score (nSPS) is 10.8. The topological polar surface area (TPSA) is 96.0 Å². The van der Waals surface area contributed by atoms with Gasteiger partial charge < -0.3 is 15.3 Å². The van der Waals surface area contributed by atoms with Crippen molar-refractivity contribution < 1.29 is 9.58 Å². The third kappa shape index (κ3) is 1.83. The van der Waals surface area contributed by atoms with E-state index in [1.807, 2.05) is 13.8 Å². The van der Waals surface area contributed by atoms with Gasteiger partial charge >= 0.3 is 5.95 Å². The number of benzene rings is 1. The van der Waals surface area contributed by atoms with Gasteiger partial charge in [0.2, 0.25) is 5.10 Å². The summed E-state index contributed by atoms with van der Waals surface area (Å²) in [6.45, 7) is 5.68. The Morgan fingerprint density at radius 2 is 1.89 bits per heavy atom. The fraction of sp³-hybridized carbons (Fsp3) is 0.364. The van der Waals surface area contributed by atoms with Gasteiger partial charge in [-0.25, -0.2) is 4.73 Å². The second-order valence-corrected chi connectivity index (χ2v) is 3.87. The van der Waals surface area contributed by atoms with Crippen LogP contribution in [0.25, 0.3) is 11.0 Å². The number of nitrogens with two attached hydrogens (primary N) is 1. The summed E-state index contributed by atoms with van der Waals surface area (Å²) < 4.78 is 0.469. The molecule has 2 N–H and O–H groups in total. The third-order valence-corrected chi connectivity index (χ3v) is 2.91. The Morgan fingerprint density at radius 3 is 2.50 bits per heavy atom. The van der Waals surface area contributed by atoms with Crippen LogP contribution in [-0.2, 0) is 0 Å². The molecule has 0 aliphatic rings. The monoisotopic (exact) mass is 249 g/mol. The predicted octanol–water partition coefficient (Wildman–Crippen LogP) is -0.0700. The molecule has 7 nitrogen and oxygen atoms in total. The number of aromatic nitrogens is 3. The standard InChI is InChI=1S/C11H15N5O2/c1-3-14(4-2)8-5-6-9-10(7-8)15(17)11(12)13-16(9)18/h5-7H,3-4H2,1-2H3,(H2,12,13). The van der Waals surface area contributed by atoms with Crippen molar-refractivity contribution in [2.45, 2.75) is 13.8 Å². The first-order chi connectivity index (χ1) is 8.58. The molecule has 0 fully saturated rings. The van der Waals surface area contributed by atoms with Crippen molar-refractivity contribution in [2.24, 2.45) is 0 Å². The van der Waals surface area contributed by atoms with E-state index in [1.165, 1.54) is 0 Å². The van der Waals surface area contributed by atoms with Crippen molar-refractivity contribution >= 4 is 22.7 Å². The zero-order valence-electron chi connectivity index (χ0n) is 10.3. The van der Waals surface area contributed by atoms with Crippen molar-refractivity contribution in [3.8, 4) is 0 Å². The highest BCUT2D eigenvalue weighted by Crippen LogP contribution is 2.18. The zero-order valence-corrected chi connectivity index (χ0v) is 10.3. The number of nitrogen functional groups attached to an aromatic ring is 1. The van der Waals surface area contributed by atoms with Crippen LogP contribution in [0.2, 0.25) is 0 Å². The van der Waals surface area contributed by atoms with Gasteiger partial charge in [0.15, 0.2) is 5.52 Å². The van der Waals surface area contributed by atoms with Crippen molar-refractivity contribution in [3.63, 3.8) is 0 Å². The quantitative estimate of drug-likeness (QED) is 0.606. The molecule has 18 heavy (non-hydrogen) atoms. The van der Waals surface area contributed by atoms with E-state index in [0.29, 0.717) is 9.58 Å². The Morgan fingerprint density at radius 1 is 1.22 bits per heavy atom. The smallest absolute Gasteiger partial charge is 0.458 e. The van der Waals surface area contributed by atoms with Crippen LogP contribution in [0.3, 0.4) is 0 Å². The van der Waals surface area contributed by atoms with Crippen LogP contribution in [0, 0.1) is 10.4 Å². The van der Waals surface area contributed by atoms with Gasteiger partial charge in [-0.15, -0.1) is 0 Å². The Kier molecular flexibility index (Phi) is 3.05. The molecular weight excluding hydrogens is 234 g/mol. The zero-order chi connectivity index (χ0) is 13.3. The molecule has 2 aromatic rings. The van der Waals surface area contributed by atoms with Gasteiger partial charge in [0.05, 0.1) is 0 Å². The Balaban J connectivity index is 2.67. The summed E-state index contributed by atoms with van der Waals surface area (Å²) in [6, 6.07) is 5.03. The van der Waals surface area contributed by atoms with Gasteiger partial charge in [-0.2, -0.15) is 0 Å². The maximum Gasteiger partial charge on any atom is 0.458 e. The van der Waals surface area contributed by atoms with Crippen molar-refractivity contribution in [1.82, 2.24) is 5.10 Å². The van der Waals surface area contributed by atoms with E-state index >= 15 is 0 Å². The lowest BCUT2D eigenvalue weighted by Crippen LogP contribution is -2.44. The van der Waals surface area contributed by atoms with Crippen LogP contribution in [0.1, 0.15) is 13.8 Å². The van der Waals surface area contributed by atoms with Gasteiger partial charge in [-0.05, 0) is 19.9 Å². The maximum atomic E-state index is 11.8. The number of hydrogen-bond acceptors (Lipinski definition) is 5. The summed E-state index contributed by atoms with van der Waals surface area (Å²) in [5, 5.41) is 26.7. The number of hydrogen-bond donors (Lipinski definition) is 1. The van der Waals surface area contributed by atoms with E-state index in [4.69, 9.17) is 5.73 Å². The van der Waals surface area contributed by atoms with E-state index in [0.717, 1.165) is 18.8 Å². The molecule has 0 atom stereocenters. The third-order valence-electron chi connectivity index (χ3n) is 2.91. The lowest BCUT2D eigenvalue weighted by atomic mass is 10.2. The summed E-state index contributed by atoms with van der Waals surface area (Å²) in [4.78, 5) is 2.44. The Labute approximate surface area is 104 Å². The molecular formula is C11H15N5O2. The minimum atomic E-state index is -0.353. The second-order valence-electron chi connectivity index (χ2n) is 3.87. The average Bonchev–Trinajstić information content (AvgIpc) is 2.37. The average molecular weight is 249 g/mol. The second kappa shape index (κ2) is 4.52. The van der Waals surface area contributed by atoms with Crippen molar-refractivity contribution in [3.05, 3.63) is 28.6 Å². The summed E-state index contributed by atoms with van der Waals surface area (Å²) in [6.07, 6.45) is 0. The number of nitrogens with zero attached hydrogens (tertiary/aromatic N) is 4. The van der Waals surface area contributed by atoms with E-state index in [-0.39, 0.29) is 17.0 Å². The van der Waals surface area contributed by atoms with E-state index < -0.39 is 0 Å². The lowest BCUT2D eigenvalue weighted by molar-refractivity contribution is -0.671. The fourth-order valence-electron chi connectivity index (χ4n) is 1.93. The van der Waals surface area contributed by atoms with Crippen LogP contribution in [-0.4, -0.2) is 18.2 Å². The van der Waals surface area contributed by atoms with Crippen molar-refractivity contribution in [2.75, 3.05) is 23.7 Å². The number of fused-ring (bicyclic) bond motifs is 1. The SMILES string of the molecule is CCN(CC)c1ccc2c(c1)[n+]([O-])c(N)n[n+]2[O-]. The predicted molar refractivity (Wildman–Crippen MR) is 67.6 cm³/mol. The summed E-state index contributed by atoms with van der Waals surface area (Å²) in [5.41, 5.74) is 6.69. The molecule has 0 unspecified atom stereocenters. The first kappa shape index (κ1) is 12.2. The largest absolute Gasteiger partial charge is 0.739 e. The van der Waals surface area contributed by atoms with Crippen LogP contribution in [0.5, 0.6) is 0 Å². The van der Waals surface area contributed by atoms with Crippen molar-refractivity contribution in [1.29, 1.82) is 0 Å². The van der Waals surface area contributed by atoms with Gasteiger partial charge in [0.25, 0.3) is 5.52 Å². The molecule has 0 bridgehead atoms. The Bertz CT molecular complexity index is 583. The first-order valence-corrected chi connectivity index (χ1v) is 5.76. The van der Waals surface area contributed by atoms with Gasteiger partial charge in [0, 0.05) is 35.8 Å². The maximum absolute atomic E-state index is 11.8. The van der Waals surface area contributed by atoms with Crippen LogP contribution in [0.15, 0.2) is 18.2 Å². The van der Waals surface area contributed by atoms with E-state index in [2.05, 4.69) is 10.00 Å². The number of rotatable bonds is 3. The molecule has 0 radical (unpaired) electrons. The molecule has 1 aromatic carbocycles. The van der Waals surface area contributed by atoms with Gasteiger partial charge in [-0.1, -0.05) is 0 Å². The molecule has 2 rings (SSSR count). The van der Waals surface area contributed by atoms with Crippen LogP contribution in [0.4, 0.5) is 11.6 Å². The first-order valence-electron chi connectivity index (χ1n) is 5.76. The Hall–Kier alpha value is -2.31. The van der Waals surface area contributed by atoms with Gasteiger partial charge in [0.1, 0.15) is 0 Å². The summed E-state index contributed by atoms with van der Waals surface area (Å²) in [7, 11) is 0. The molecule has 0 saturated carbocycles. The molecule has 0 aliphatic heterocycles.